The van der Waals surface area contributed by atoms with E-state index in [0.29, 0.717) is 17.9 Å². The molecule has 4 nitrogen and oxygen atoms in total. The van der Waals surface area contributed by atoms with Crippen molar-refractivity contribution in [1.82, 2.24) is 4.31 Å². The molecule has 2 atom stereocenters. The second-order valence-electron chi connectivity index (χ2n) is 5.75. The topological polar surface area (TPSA) is 54.5 Å². The van der Waals surface area contributed by atoms with Crippen molar-refractivity contribution in [3.8, 4) is 0 Å². The summed E-state index contributed by atoms with van der Waals surface area (Å²) in [5, 5.41) is 0. The minimum Gasteiger partial charge on any atom is -0.299 e. The molecule has 1 aliphatic carbocycles. The molecular formula is C15H18BrNO3S. The van der Waals surface area contributed by atoms with E-state index < -0.39 is 10.0 Å². The van der Waals surface area contributed by atoms with Crippen LogP contribution in [0.25, 0.3) is 0 Å². The van der Waals surface area contributed by atoms with Gasteiger partial charge in [-0.15, -0.1) is 0 Å². The van der Waals surface area contributed by atoms with Gasteiger partial charge in [-0.05, 0) is 43.9 Å². The molecule has 1 saturated carbocycles. The second kappa shape index (κ2) is 5.82. The van der Waals surface area contributed by atoms with Crippen molar-refractivity contribution in [2.45, 2.75) is 43.0 Å². The third kappa shape index (κ3) is 2.81. The van der Waals surface area contributed by atoms with E-state index in [1.165, 1.54) is 0 Å². The van der Waals surface area contributed by atoms with E-state index in [9.17, 15) is 13.2 Å². The van der Waals surface area contributed by atoms with Gasteiger partial charge in [-0.2, -0.15) is 4.31 Å². The van der Waals surface area contributed by atoms with Crippen LogP contribution in [-0.4, -0.2) is 31.1 Å². The number of benzene rings is 1. The maximum absolute atomic E-state index is 12.9. The molecule has 114 valence electrons. The van der Waals surface area contributed by atoms with Gasteiger partial charge in [-0.1, -0.05) is 22.0 Å². The van der Waals surface area contributed by atoms with Gasteiger partial charge in [-0.3, -0.25) is 4.79 Å². The van der Waals surface area contributed by atoms with Crippen LogP contribution in [0.15, 0.2) is 33.6 Å². The molecule has 0 N–H and O–H groups in total. The average Bonchev–Trinajstić information content (AvgIpc) is 3.07. The largest absolute Gasteiger partial charge is 0.299 e. The fraction of sp³-hybridized carbons (Fsp3) is 0.533. The Morgan fingerprint density at radius 1 is 1.19 bits per heavy atom. The lowest BCUT2D eigenvalue weighted by molar-refractivity contribution is -0.121. The van der Waals surface area contributed by atoms with E-state index in [1.807, 2.05) is 0 Å². The van der Waals surface area contributed by atoms with E-state index in [1.54, 1.807) is 28.6 Å². The molecule has 1 aromatic carbocycles. The standard InChI is InChI=1S/C15H18BrNO3S/c16-11-4-1-5-12(10-11)21(19,20)17-9-3-7-14(17)13-6-2-8-15(13)18/h1,4-5,10,13-14H,2-3,6-9H2. The molecule has 1 aliphatic heterocycles. The number of hydrogen-bond acceptors (Lipinski definition) is 3. The Labute approximate surface area is 133 Å². The van der Waals surface area contributed by atoms with Crippen LogP contribution in [0.4, 0.5) is 0 Å². The number of halogens is 1. The van der Waals surface area contributed by atoms with Gasteiger partial charge in [0.15, 0.2) is 0 Å². The van der Waals surface area contributed by atoms with Crippen molar-refractivity contribution in [1.29, 1.82) is 0 Å². The summed E-state index contributed by atoms with van der Waals surface area (Å²) in [6.45, 7) is 0.517. The van der Waals surface area contributed by atoms with E-state index in [-0.39, 0.29) is 17.7 Å². The Bertz CT molecular complexity index is 659. The maximum Gasteiger partial charge on any atom is 0.243 e. The molecule has 0 radical (unpaired) electrons. The van der Waals surface area contributed by atoms with Crippen LogP contribution in [-0.2, 0) is 14.8 Å². The lowest BCUT2D eigenvalue weighted by Crippen LogP contribution is -2.41. The molecule has 21 heavy (non-hydrogen) atoms. The number of Topliss-reactive ketones (excluding diaryl/α,β-unsaturated/α-hetero) is 1. The highest BCUT2D eigenvalue weighted by molar-refractivity contribution is 9.10. The van der Waals surface area contributed by atoms with E-state index in [0.717, 1.165) is 30.2 Å². The SMILES string of the molecule is O=C1CCCC1C1CCCN1S(=O)(=O)c1cccc(Br)c1. The van der Waals surface area contributed by atoms with Crippen molar-refractivity contribution in [3.05, 3.63) is 28.7 Å². The number of ketones is 1. The molecule has 1 aromatic rings. The Morgan fingerprint density at radius 3 is 2.67 bits per heavy atom. The molecule has 6 heteroatoms. The zero-order chi connectivity index (χ0) is 15.0. The highest BCUT2D eigenvalue weighted by atomic mass is 79.9. The summed E-state index contributed by atoms with van der Waals surface area (Å²) in [7, 11) is -3.52. The van der Waals surface area contributed by atoms with Gasteiger partial charge >= 0.3 is 0 Å². The van der Waals surface area contributed by atoms with Gasteiger partial charge in [0, 0.05) is 29.4 Å². The molecule has 2 unspecified atom stereocenters. The number of hydrogen-bond donors (Lipinski definition) is 0. The fourth-order valence-electron chi connectivity index (χ4n) is 3.48. The second-order valence-corrected chi connectivity index (χ2v) is 8.55. The van der Waals surface area contributed by atoms with Gasteiger partial charge in [0.2, 0.25) is 10.0 Å². The lowest BCUT2D eigenvalue weighted by atomic mass is 9.96. The highest BCUT2D eigenvalue weighted by Crippen LogP contribution is 2.36. The summed E-state index contributed by atoms with van der Waals surface area (Å²) < 4.78 is 28.0. The van der Waals surface area contributed by atoms with E-state index in [2.05, 4.69) is 15.9 Å². The molecule has 0 bridgehead atoms. The van der Waals surface area contributed by atoms with Crippen LogP contribution in [0.5, 0.6) is 0 Å². The first kappa shape index (κ1) is 15.2. The first-order valence-corrected chi connectivity index (χ1v) is 9.53. The van der Waals surface area contributed by atoms with E-state index >= 15 is 0 Å². The smallest absolute Gasteiger partial charge is 0.243 e. The predicted octanol–water partition coefficient (Wildman–Crippen LogP) is 2.97. The van der Waals surface area contributed by atoms with Gasteiger partial charge in [0.1, 0.15) is 5.78 Å². The number of carbonyl (C=O) groups is 1. The van der Waals surface area contributed by atoms with Crippen LogP contribution in [0.3, 0.4) is 0 Å². The fourth-order valence-corrected chi connectivity index (χ4v) is 5.81. The van der Waals surface area contributed by atoms with Gasteiger partial charge in [0.05, 0.1) is 4.90 Å². The summed E-state index contributed by atoms with van der Waals surface area (Å²) in [4.78, 5) is 12.3. The Kier molecular flexibility index (Phi) is 4.21. The number of carbonyl (C=O) groups excluding carboxylic acids is 1. The summed E-state index contributed by atoms with van der Waals surface area (Å²) in [5.41, 5.74) is 0. The first-order chi connectivity index (χ1) is 10.00. The maximum atomic E-state index is 12.9. The van der Waals surface area contributed by atoms with Gasteiger partial charge in [0.25, 0.3) is 0 Å². The Balaban J connectivity index is 1.92. The molecule has 0 aromatic heterocycles. The van der Waals surface area contributed by atoms with Crippen molar-refractivity contribution in [2.24, 2.45) is 5.92 Å². The molecule has 0 spiro atoms. The van der Waals surface area contributed by atoms with E-state index in [4.69, 9.17) is 0 Å². The van der Waals surface area contributed by atoms with Crippen LogP contribution in [0, 0.1) is 5.92 Å². The van der Waals surface area contributed by atoms with Crippen molar-refractivity contribution in [2.75, 3.05) is 6.54 Å². The van der Waals surface area contributed by atoms with Crippen LogP contribution in [0.2, 0.25) is 0 Å². The molecule has 2 fully saturated rings. The quantitative estimate of drug-likeness (QED) is 0.820. The number of nitrogens with zero attached hydrogens (tertiary/aromatic N) is 1. The van der Waals surface area contributed by atoms with Gasteiger partial charge < -0.3 is 0 Å². The highest BCUT2D eigenvalue weighted by Gasteiger charge is 2.43. The monoisotopic (exact) mass is 371 g/mol. The summed E-state index contributed by atoms with van der Waals surface area (Å²) in [6.07, 6.45) is 3.95. The zero-order valence-electron chi connectivity index (χ0n) is 11.7. The van der Waals surface area contributed by atoms with Crippen molar-refractivity contribution in [3.63, 3.8) is 0 Å². The predicted molar refractivity (Wildman–Crippen MR) is 83.4 cm³/mol. The summed E-state index contributed by atoms with van der Waals surface area (Å²) in [5.74, 6) is 0.130. The van der Waals surface area contributed by atoms with Gasteiger partial charge in [-0.25, -0.2) is 8.42 Å². The Hall–Kier alpha value is -0.720. The summed E-state index contributed by atoms with van der Waals surface area (Å²) >= 11 is 3.32. The minimum atomic E-state index is -3.52. The zero-order valence-corrected chi connectivity index (χ0v) is 14.1. The third-order valence-corrected chi connectivity index (χ3v) is 6.88. The minimum absolute atomic E-state index is 0.102. The van der Waals surface area contributed by atoms with Crippen LogP contribution < -0.4 is 0 Å². The molecule has 3 rings (SSSR count). The molecule has 1 heterocycles. The Morgan fingerprint density at radius 2 is 2.00 bits per heavy atom. The first-order valence-electron chi connectivity index (χ1n) is 7.30. The molecule has 2 aliphatic rings. The molecular weight excluding hydrogens is 354 g/mol. The van der Waals surface area contributed by atoms with Crippen LogP contribution >= 0.6 is 15.9 Å². The molecule has 0 amide bonds. The van der Waals surface area contributed by atoms with Crippen molar-refractivity contribution < 1.29 is 13.2 Å². The number of rotatable bonds is 3. The lowest BCUT2D eigenvalue weighted by Gasteiger charge is -2.27. The van der Waals surface area contributed by atoms with Crippen molar-refractivity contribution >= 4 is 31.7 Å². The third-order valence-electron chi connectivity index (χ3n) is 4.47. The summed E-state index contributed by atoms with van der Waals surface area (Å²) in [6, 6.07) is 6.63. The normalized spacial score (nSPS) is 27.4. The number of sulfonamides is 1. The van der Waals surface area contributed by atoms with Crippen LogP contribution in [0.1, 0.15) is 32.1 Å². The average molecular weight is 372 g/mol. The molecule has 1 saturated heterocycles.